The van der Waals surface area contributed by atoms with Gasteiger partial charge >= 0.3 is 0 Å². The lowest BCUT2D eigenvalue weighted by molar-refractivity contribution is 0.671. The van der Waals surface area contributed by atoms with E-state index in [1.54, 1.807) is 0 Å². The summed E-state index contributed by atoms with van der Waals surface area (Å²) < 4.78 is 10.7. The standard InChI is InChI=1S/C38H20N4O/c39-21-23-20-35(24(22-40)19-34(23)41-31-13-5-1-9-25(31)26-10-2-6-14-32(26)41)42-33-15-7-3-11-27(33)29-17-18-30-28-12-4-8-16-36(28)43-38(30)37(29)42/h1-20H. The topological polar surface area (TPSA) is 70.6 Å². The fourth-order valence-electron chi connectivity index (χ4n) is 6.79. The van der Waals surface area contributed by atoms with Gasteiger partial charge in [-0.05, 0) is 42.5 Å². The second-order valence-corrected chi connectivity index (χ2v) is 10.8. The number of nitriles is 2. The fourth-order valence-corrected chi connectivity index (χ4v) is 6.79. The molecule has 0 aliphatic carbocycles. The Morgan fingerprint density at radius 2 is 0.930 bits per heavy atom. The predicted octanol–water partition coefficient (Wildman–Crippen LogP) is 9.52. The Bertz CT molecular complexity index is 2650. The van der Waals surface area contributed by atoms with Gasteiger partial charge in [-0.3, -0.25) is 0 Å². The zero-order chi connectivity index (χ0) is 28.7. The second kappa shape index (κ2) is 8.60. The van der Waals surface area contributed by atoms with Gasteiger partial charge in [0.05, 0.1) is 44.6 Å². The highest BCUT2D eigenvalue weighted by Crippen LogP contribution is 2.41. The van der Waals surface area contributed by atoms with E-state index in [0.29, 0.717) is 22.5 Å². The van der Waals surface area contributed by atoms with Crippen LogP contribution in [0.15, 0.2) is 126 Å². The fraction of sp³-hybridized carbons (Fsp3) is 0. The van der Waals surface area contributed by atoms with Crippen molar-refractivity contribution in [2.45, 2.75) is 0 Å². The largest absolute Gasteiger partial charge is 0.454 e. The number of nitrogens with zero attached hydrogens (tertiary/aromatic N) is 4. The third kappa shape index (κ3) is 3.08. The van der Waals surface area contributed by atoms with E-state index in [-0.39, 0.29) is 0 Å². The minimum Gasteiger partial charge on any atom is -0.454 e. The lowest BCUT2D eigenvalue weighted by Crippen LogP contribution is -2.04. The molecule has 5 heteroatoms. The minimum atomic E-state index is 0.464. The van der Waals surface area contributed by atoms with E-state index < -0.39 is 0 Å². The van der Waals surface area contributed by atoms with Crippen LogP contribution in [0.1, 0.15) is 11.1 Å². The Balaban J connectivity index is 1.43. The molecule has 3 heterocycles. The van der Waals surface area contributed by atoms with E-state index in [1.165, 1.54) is 0 Å². The highest BCUT2D eigenvalue weighted by molar-refractivity contribution is 6.21. The Morgan fingerprint density at radius 3 is 1.53 bits per heavy atom. The molecule has 0 aliphatic rings. The highest BCUT2D eigenvalue weighted by Gasteiger charge is 2.23. The molecule has 6 aromatic carbocycles. The summed E-state index contributed by atoms with van der Waals surface area (Å²) in [5, 5.41) is 27.5. The van der Waals surface area contributed by atoms with Gasteiger partial charge in [0.25, 0.3) is 0 Å². The molecule has 43 heavy (non-hydrogen) atoms. The number of aromatic nitrogens is 2. The molecule has 0 amide bonds. The zero-order valence-electron chi connectivity index (χ0n) is 22.7. The van der Waals surface area contributed by atoms with Crippen molar-refractivity contribution in [1.82, 2.24) is 9.13 Å². The molecular weight excluding hydrogens is 528 g/mol. The molecule has 0 radical (unpaired) electrons. The van der Waals surface area contributed by atoms with Gasteiger partial charge in [0.1, 0.15) is 17.7 Å². The van der Waals surface area contributed by atoms with Gasteiger partial charge in [0.2, 0.25) is 0 Å². The van der Waals surface area contributed by atoms with E-state index in [2.05, 4.69) is 75.9 Å². The van der Waals surface area contributed by atoms with Gasteiger partial charge in [0.15, 0.2) is 5.58 Å². The molecule has 0 bridgehead atoms. The first-order chi connectivity index (χ1) is 21.3. The van der Waals surface area contributed by atoms with Crippen LogP contribution >= 0.6 is 0 Å². The maximum Gasteiger partial charge on any atom is 0.160 e. The second-order valence-electron chi connectivity index (χ2n) is 10.8. The maximum atomic E-state index is 10.6. The van der Waals surface area contributed by atoms with Gasteiger partial charge in [0, 0.05) is 32.3 Å². The van der Waals surface area contributed by atoms with Crippen LogP contribution in [0.25, 0.3) is 76.9 Å². The maximum absolute atomic E-state index is 10.6. The summed E-state index contributed by atoms with van der Waals surface area (Å²) in [5.74, 6) is 0. The first kappa shape index (κ1) is 23.4. The molecule has 3 aromatic heterocycles. The van der Waals surface area contributed by atoms with Crippen molar-refractivity contribution in [1.29, 1.82) is 10.5 Å². The summed E-state index contributed by atoms with van der Waals surface area (Å²) in [4.78, 5) is 0. The third-order valence-electron chi connectivity index (χ3n) is 8.60. The molecule has 0 unspecified atom stereocenters. The molecule has 9 rings (SSSR count). The summed E-state index contributed by atoms with van der Waals surface area (Å²) in [6.07, 6.45) is 0. The first-order valence-electron chi connectivity index (χ1n) is 14.1. The van der Waals surface area contributed by atoms with E-state index in [9.17, 15) is 10.5 Å². The van der Waals surface area contributed by atoms with Crippen molar-refractivity contribution < 1.29 is 4.42 Å². The van der Waals surface area contributed by atoms with E-state index in [0.717, 1.165) is 65.6 Å². The molecule has 0 saturated heterocycles. The van der Waals surface area contributed by atoms with Crippen LogP contribution in [-0.4, -0.2) is 9.13 Å². The van der Waals surface area contributed by atoms with Gasteiger partial charge in [-0.2, -0.15) is 10.5 Å². The monoisotopic (exact) mass is 548 g/mol. The van der Waals surface area contributed by atoms with Crippen LogP contribution in [0, 0.1) is 22.7 Å². The number of fused-ring (bicyclic) bond motifs is 10. The van der Waals surface area contributed by atoms with Crippen molar-refractivity contribution in [3.8, 4) is 23.5 Å². The molecule has 0 N–H and O–H groups in total. The van der Waals surface area contributed by atoms with Crippen molar-refractivity contribution >= 4 is 65.6 Å². The number of benzene rings is 6. The summed E-state index contributed by atoms with van der Waals surface area (Å²) in [7, 11) is 0. The van der Waals surface area contributed by atoms with Crippen molar-refractivity contribution in [3.63, 3.8) is 0 Å². The number of furan rings is 1. The number of rotatable bonds is 2. The Morgan fingerprint density at radius 1 is 0.465 bits per heavy atom. The smallest absolute Gasteiger partial charge is 0.160 e. The number of hydrogen-bond donors (Lipinski definition) is 0. The van der Waals surface area contributed by atoms with Gasteiger partial charge in [-0.25, -0.2) is 0 Å². The van der Waals surface area contributed by atoms with Gasteiger partial charge in [-0.15, -0.1) is 0 Å². The van der Waals surface area contributed by atoms with Crippen LogP contribution in [0.2, 0.25) is 0 Å². The molecular formula is C38H20N4O. The molecule has 0 atom stereocenters. The molecule has 0 spiro atoms. The first-order valence-corrected chi connectivity index (χ1v) is 14.1. The Hall–Kier alpha value is -6.30. The molecule has 5 nitrogen and oxygen atoms in total. The quantitative estimate of drug-likeness (QED) is 0.216. The van der Waals surface area contributed by atoms with E-state index >= 15 is 0 Å². The zero-order valence-corrected chi connectivity index (χ0v) is 22.7. The van der Waals surface area contributed by atoms with Crippen LogP contribution in [-0.2, 0) is 0 Å². The van der Waals surface area contributed by atoms with Crippen molar-refractivity contribution in [2.75, 3.05) is 0 Å². The summed E-state index contributed by atoms with van der Waals surface area (Å²) in [6, 6.07) is 45.4. The lowest BCUT2D eigenvalue weighted by atomic mass is 10.1. The number of hydrogen-bond acceptors (Lipinski definition) is 3. The van der Waals surface area contributed by atoms with Crippen LogP contribution in [0.3, 0.4) is 0 Å². The Labute approximate surface area is 245 Å². The average Bonchev–Trinajstić information content (AvgIpc) is 3.72. The molecule has 0 aliphatic heterocycles. The van der Waals surface area contributed by atoms with Crippen molar-refractivity contribution in [2.24, 2.45) is 0 Å². The lowest BCUT2D eigenvalue weighted by Gasteiger charge is -2.15. The third-order valence-corrected chi connectivity index (χ3v) is 8.60. The minimum absolute atomic E-state index is 0.464. The SMILES string of the molecule is N#Cc1cc(-n2c3ccccc3c3ccc4c5ccccc5oc4c32)c(C#N)cc1-n1c2ccccc2c2ccccc21. The van der Waals surface area contributed by atoms with E-state index in [1.807, 2.05) is 66.7 Å². The summed E-state index contributed by atoms with van der Waals surface area (Å²) >= 11 is 0. The summed E-state index contributed by atoms with van der Waals surface area (Å²) in [5.41, 5.74) is 7.60. The van der Waals surface area contributed by atoms with Crippen molar-refractivity contribution in [3.05, 3.63) is 132 Å². The normalized spacial score (nSPS) is 11.7. The Kier molecular flexibility index (Phi) is 4.68. The van der Waals surface area contributed by atoms with Crippen LogP contribution in [0.5, 0.6) is 0 Å². The van der Waals surface area contributed by atoms with Gasteiger partial charge < -0.3 is 13.6 Å². The average molecular weight is 549 g/mol. The van der Waals surface area contributed by atoms with Crippen LogP contribution in [0.4, 0.5) is 0 Å². The summed E-state index contributed by atoms with van der Waals surface area (Å²) in [6.45, 7) is 0. The van der Waals surface area contributed by atoms with Gasteiger partial charge in [-0.1, -0.05) is 78.9 Å². The van der Waals surface area contributed by atoms with E-state index in [4.69, 9.17) is 4.42 Å². The van der Waals surface area contributed by atoms with Crippen LogP contribution < -0.4 is 0 Å². The number of para-hydroxylation sites is 4. The predicted molar refractivity (Wildman–Crippen MR) is 172 cm³/mol. The molecule has 198 valence electrons. The molecule has 0 saturated carbocycles. The molecule has 9 aromatic rings. The molecule has 0 fully saturated rings. The highest BCUT2D eigenvalue weighted by atomic mass is 16.3.